The zero-order valence-corrected chi connectivity index (χ0v) is 11.7. The van der Waals surface area contributed by atoms with Crippen LogP contribution in [-0.4, -0.2) is 40.0 Å². The standard InChI is InChI=1S/C11H10ClNO2Te/c12-8-1-2-9-10(5-8)13(16)4-3-7(6-14)11(9)15/h1-2,5-6,14,16H,3-4H2/b7-6+. The molecule has 16 heavy (non-hydrogen) atoms. The number of Topliss-reactive ketones (excluding diaryl/α,β-unsaturated/α-hetero) is 1. The van der Waals surface area contributed by atoms with Gasteiger partial charge in [0.05, 0.1) is 0 Å². The predicted molar refractivity (Wildman–Crippen MR) is 65.6 cm³/mol. The molecule has 5 heteroatoms. The number of ketones is 1. The summed E-state index contributed by atoms with van der Waals surface area (Å²) in [4.78, 5) is 12.0. The summed E-state index contributed by atoms with van der Waals surface area (Å²) in [6.07, 6.45) is 1.46. The van der Waals surface area contributed by atoms with E-state index in [0.717, 1.165) is 11.9 Å². The number of hydrogen-bond donors (Lipinski definition) is 1. The quantitative estimate of drug-likeness (QED) is 0.442. The number of rotatable bonds is 0. The van der Waals surface area contributed by atoms with Gasteiger partial charge in [0.25, 0.3) is 0 Å². The van der Waals surface area contributed by atoms with Crippen LogP contribution in [-0.2, 0) is 0 Å². The first kappa shape index (κ1) is 11.8. The van der Waals surface area contributed by atoms with Crippen LogP contribution in [0.25, 0.3) is 0 Å². The summed E-state index contributed by atoms with van der Waals surface area (Å²) in [7, 11) is 0. The van der Waals surface area contributed by atoms with Crippen molar-refractivity contribution >= 4 is 45.6 Å². The van der Waals surface area contributed by atoms with E-state index in [1.54, 1.807) is 18.2 Å². The minimum absolute atomic E-state index is 0.118. The molecule has 0 bridgehead atoms. The number of halogens is 1. The molecular weight excluding hydrogens is 341 g/mol. The van der Waals surface area contributed by atoms with Gasteiger partial charge in [-0.2, -0.15) is 0 Å². The summed E-state index contributed by atoms with van der Waals surface area (Å²) >= 11 is 7.43. The van der Waals surface area contributed by atoms with E-state index in [0.29, 0.717) is 29.1 Å². The molecule has 0 atom stereocenters. The van der Waals surface area contributed by atoms with Crippen molar-refractivity contribution in [3.05, 3.63) is 40.6 Å². The molecule has 2 rings (SSSR count). The van der Waals surface area contributed by atoms with E-state index in [2.05, 4.69) is 0 Å². The summed E-state index contributed by atoms with van der Waals surface area (Å²) in [5.74, 6) is -0.118. The van der Waals surface area contributed by atoms with Crippen molar-refractivity contribution in [3.8, 4) is 0 Å². The van der Waals surface area contributed by atoms with Crippen molar-refractivity contribution in [2.75, 3.05) is 9.70 Å². The summed E-state index contributed by atoms with van der Waals surface area (Å²) < 4.78 is 2.02. The van der Waals surface area contributed by atoms with Crippen LogP contribution in [0.5, 0.6) is 0 Å². The topological polar surface area (TPSA) is 40.5 Å². The van der Waals surface area contributed by atoms with E-state index in [1.807, 2.05) is 3.15 Å². The maximum absolute atomic E-state index is 12.0. The summed E-state index contributed by atoms with van der Waals surface area (Å²) in [5.41, 5.74) is 1.88. The minimum atomic E-state index is -0.118. The van der Waals surface area contributed by atoms with Crippen LogP contribution < -0.4 is 3.15 Å². The molecule has 0 spiro atoms. The van der Waals surface area contributed by atoms with Gasteiger partial charge in [0.1, 0.15) is 0 Å². The fourth-order valence-electron chi connectivity index (χ4n) is 1.67. The third-order valence-electron chi connectivity index (χ3n) is 2.52. The van der Waals surface area contributed by atoms with E-state index in [4.69, 9.17) is 16.7 Å². The fraction of sp³-hybridized carbons (Fsp3) is 0.182. The predicted octanol–water partition coefficient (Wildman–Crippen LogP) is 1.99. The molecule has 84 valence electrons. The van der Waals surface area contributed by atoms with E-state index in [1.165, 1.54) is 22.6 Å². The summed E-state index contributed by atoms with van der Waals surface area (Å²) in [6.45, 7) is 0.708. The van der Waals surface area contributed by atoms with Crippen LogP contribution in [0.4, 0.5) is 5.69 Å². The van der Waals surface area contributed by atoms with Gasteiger partial charge in [-0.25, -0.2) is 0 Å². The van der Waals surface area contributed by atoms with Crippen LogP contribution >= 0.6 is 11.6 Å². The third-order valence-corrected chi connectivity index (χ3v) is 3.94. The molecule has 1 aromatic rings. The fourth-order valence-corrected chi connectivity index (χ4v) is 2.59. The Kier molecular flexibility index (Phi) is 3.44. The van der Waals surface area contributed by atoms with Gasteiger partial charge in [-0.1, -0.05) is 0 Å². The first-order chi connectivity index (χ1) is 7.63. The number of aliphatic hydroxyl groups excluding tert-OH is 1. The molecule has 0 saturated heterocycles. The molecule has 1 heterocycles. The van der Waals surface area contributed by atoms with Crippen molar-refractivity contribution in [1.82, 2.24) is 0 Å². The molecule has 0 amide bonds. The Hall–Kier alpha value is -0.690. The van der Waals surface area contributed by atoms with Gasteiger partial charge in [0.15, 0.2) is 0 Å². The first-order valence-electron chi connectivity index (χ1n) is 4.77. The molecule has 1 N–H and O–H groups in total. The van der Waals surface area contributed by atoms with Crippen molar-refractivity contribution < 1.29 is 9.90 Å². The second-order valence-electron chi connectivity index (χ2n) is 3.52. The molecule has 1 aliphatic rings. The second kappa shape index (κ2) is 4.67. The number of anilines is 1. The number of carbonyl (C=O) groups is 1. The van der Waals surface area contributed by atoms with Gasteiger partial charge in [-0.15, -0.1) is 0 Å². The van der Waals surface area contributed by atoms with Gasteiger partial charge in [0, 0.05) is 0 Å². The molecule has 1 aliphatic heterocycles. The Balaban J connectivity index is 2.58. The van der Waals surface area contributed by atoms with Crippen LogP contribution in [0.15, 0.2) is 30.0 Å². The SMILES string of the molecule is O=C1/C(=C/O)CCN([TeH])c2cc(Cl)ccc21. The Morgan fingerprint density at radius 2 is 2.25 bits per heavy atom. The third kappa shape index (κ3) is 2.06. The average molecular weight is 351 g/mol. The van der Waals surface area contributed by atoms with Crippen LogP contribution in [0.2, 0.25) is 5.02 Å². The van der Waals surface area contributed by atoms with E-state index in [-0.39, 0.29) is 5.78 Å². The molecule has 0 aliphatic carbocycles. The van der Waals surface area contributed by atoms with Gasteiger partial charge < -0.3 is 0 Å². The van der Waals surface area contributed by atoms with Gasteiger partial charge in [-0.05, 0) is 0 Å². The average Bonchev–Trinajstić information content (AvgIpc) is 2.39. The van der Waals surface area contributed by atoms with Crippen molar-refractivity contribution in [1.29, 1.82) is 0 Å². The van der Waals surface area contributed by atoms with E-state index in [9.17, 15) is 4.79 Å². The molecule has 0 fully saturated rings. The van der Waals surface area contributed by atoms with Crippen LogP contribution in [0, 0.1) is 0 Å². The van der Waals surface area contributed by atoms with Crippen molar-refractivity contribution in [3.63, 3.8) is 0 Å². The van der Waals surface area contributed by atoms with E-state index >= 15 is 0 Å². The Bertz CT molecular complexity index is 473. The first-order valence-corrected chi connectivity index (χ1v) is 6.29. The number of aliphatic hydroxyl groups is 1. The number of carbonyl (C=O) groups excluding carboxylic acids is 1. The van der Waals surface area contributed by atoms with Crippen LogP contribution in [0.3, 0.4) is 0 Å². The van der Waals surface area contributed by atoms with E-state index < -0.39 is 0 Å². The van der Waals surface area contributed by atoms with Crippen molar-refractivity contribution in [2.24, 2.45) is 0 Å². The monoisotopic (exact) mass is 353 g/mol. The van der Waals surface area contributed by atoms with Gasteiger partial charge >= 0.3 is 112 Å². The number of nitrogens with zero attached hydrogens (tertiary/aromatic N) is 1. The normalized spacial score (nSPS) is 18.5. The number of hydrogen-bond acceptors (Lipinski definition) is 3. The molecule has 0 saturated carbocycles. The Labute approximate surface area is 112 Å². The van der Waals surface area contributed by atoms with Gasteiger partial charge in [-0.3, -0.25) is 0 Å². The summed E-state index contributed by atoms with van der Waals surface area (Å²) in [5, 5.41) is 9.64. The molecular formula is C11H10ClNO2Te. The zero-order chi connectivity index (χ0) is 11.7. The number of fused-ring (bicyclic) bond motifs is 1. The Morgan fingerprint density at radius 1 is 1.50 bits per heavy atom. The zero-order valence-electron chi connectivity index (χ0n) is 8.35. The Morgan fingerprint density at radius 3 is 2.94 bits per heavy atom. The van der Waals surface area contributed by atoms with Crippen molar-refractivity contribution in [2.45, 2.75) is 6.42 Å². The molecule has 0 unspecified atom stereocenters. The molecule has 0 radical (unpaired) electrons. The summed E-state index contributed by atoms with van der Waals surface area (Å²) in [6, 6.07) is 5.19. The molecule has 1 aromatic carbocycles. The number of benzene rings is 1. The molecule has 3 nitrogen and oxygen atoms in total. The maximum atomic E-state index is 12.0. The molecule has 0 aromatic heterocycles. The van der Waals surface area contributed by atoms with Crippen LogP contribution in [0.1, 0.15) is 16.8 Å². The second-order valence-corrected chi connectivity index (χ2v) is 5.33. The van der Waals surface area contributed by atoms with Gasteiger partial charge in [0.2, 0.25) is 0 Å².